The summed E-state index contributed by atoms with van der Waals surface area (Å²) >= 11 is 1.67. The van der Waals surface area contributed by atoms with E-state index >= 15 is 0 Å². The van der Waals surface area contributed by atoms with Crippen molar-refractivity contribution in [3.8, 4) is 0 Å². The molecule has 3 aromatic rings. The van der Waals surface area contributed by atoms with E-state index in [0.29, 0.717) is 0 Å². The third-order valence-electron chi connectivity index (χ3n) is 2.20. The molecule has 0 bridgehead atoms. The van der Waals surface area contributed by atoms with Gasteiger partial charge in [0.2, 0.25) is 0 Å². The Morgan fingerprint density at radius 3 is 3.23 bits per heavy atom. The molecular formula is C10H8N2S. The molecule has 13 heavy (non-hydrogen) atoms. The Morgan fingerprint density at radius 1 is 1.38 bits per heavy atom. The van der Waals surface area contributed by atoms with Crippen LogP contribution in [0.15, 0.2) is 29.8 Å². The summed E-state index contributed by atoms with van der Waals surface area (Å²) in [7, 11) is 0. The lowest BCUT2D eigenvalue weighted by molar-refractivity contribution is 1.28. The zero-order valence-corrected chi connectivity index (χ0v) is 8.01. The first-order chi connectivity index (χ1) is 6.34. The van der Waals surface area contributed by atoms with Gasteiger partial charge in [0.1, 0.15) is 0 Å². The molecule has 1 aromatic carbocycles. The molecule has 2 aromatic heterocycles. The highest BCUT2D eigenvalue weighted by atomic mass is 32.1. The summed E-state index contributed by atoms with van der Waals surface area (Å²) in [5, 5.41) is 2.06. The first kappa shape index (κ1) is 7.09. The first-order valence-corrected chi connectivity index (χ1v) is 5.04. The number of imidazole rings is 1. The van der Waals surface area contributed by atoms with Crippen molar-refractivity contribution in [1.29, 1.82) is 0 Å². The fourth-order valence-corrected chi connectivity index (χ4v) is 2.29. The van der Waals surface area contributed by atoms with Gasteiger partial charge in [-0.15, -0.1) is 11.3 Å². The van der Waals surface area contributed by atoms with Gasteiger partial charge >= 0.3 is 0 Å². The molecule has 0 spiro atoms. The summed E-state index contributed by atoms with van der Waals surface area (Å²) in [5.74, 6) is 0. The first-order valence-electron chi connectivity index (χ1n) is 4.16. The molecule has 0 aliphatic rings. The van der Waals surface area contributed by atoms with Crippen LogP contribution in [-0.4, -0.2) is 9.38 Å². The second kappa shape index (κ2) is 2.33. The number of aryl methyl sites for hydroxylation is 1. The van der Waals surface area contributed by atoms with Crippen LogP contribution in [0.4, 0.5) is 0 Å². The zero-order chi connectivity index (χ0) is 8.84. The van der Waals surface area contributed by atoms with Crippen LogP contribution in [0.25, 0.3) is 16.0 Å². The normalized spacial score (nSPS) is 11.5. The molecule has 0 fully saturated rings. The molecule has 2 heterocycles. The maximum Gasteiger partial charge on any atom is 0.194 e. The largest absolute Gasteiger partial charge is 0.290 e. The molecule has 0 N–H and O–H groups in total. The van der Waals surface area contributed by atoms with E-state index in [0.717, 1.165) is 10.5 Å². The van der Waals surface area contributed by atoms with E-state index in [1.54, 1.807) is 11.3 Å². The van der Waals surface area contributed by atoms with Crippen LogP contribution in [0.2, 0.25) is 0 Å². The quantitative estimate of drug-likeness (QED) is 0.530. The van der Waals surface area contributed by atoms with Crippen molar-refractivity contribution >= 4 is 27.3 Å². The molecule has 2 nitrogen and oxygen atoms in total. The average Bonchev–Trinajstić information content (AvgIpc) is 2.64. The SMILES string of the molecule is Cc1ccc2nc3sccn3c2c1. The Labute approximate surface area is 79.5 Å². The van der Waals surface area contributed by atoms with E-state index < -0.39 is 0 Å². The van der Waals surface area contributed by atoms with Gasteiger partial charge in [-0.3, -0.25) is 4.40 Å². The van der Waals surface area contributed by atoms with Crippen LogP contribution >= 0.6 is 11.3 Å². The smallest absolute Gasteiger partial charge is 0.194 e. The number of hydrogen-bond acceptors (Lipinski definition) is 2. The minimum Gasteiger partial charge on any atom is -0.290 e. The molecule has 3 rings (SSSR count). The zero-order valence-electron chi connectivity index (χ0n) is 7.19. The molecule has 0 saturated carbocycles. The van der Waals surface area contributed by atoms with Crippen LogP contribution in [0.3, 0.4) is 0 Å². The second-order valence-corrected chi connectivity index (χ2v) is 4.03. The minimum atomic E-state index is 1.07. The number of aromatic nitrogens is 2. The predicted octanol–water partition coefficient (Wildman–Crippen LogP) is 2.86. The molecule has 0 unspecified atom stereocenters. The van der Waals surface area contributed by atoms with E-state index in [-0.39, 0.29) is 0 Å². The molecule has 0 atom stereocenters. The average molecular weight is 188 g/mol. The van der Waals surface area contributed by atoms with Gasteiger partial charge in [0, 0.05) is 11.6 Å². The highest BCUT2D eigenvalue weighted by Crippen LogP contribution is 2.20. The Balaban J connectivity index is 2.61. The molecular weight excluding hydrogens is 180 g/mol. The monoisotopic (exact) mass is 188 g/mol. The van der Waals surface area contributed by atoms with Gasteiger partial charge in [0.05, 0.1) is 11.0 Å². The summed E-state index contributed by atoms with van der Waals surface area (Å²) < 4.78 is 2.13. The van der Waals surface area contributed by atoms with Crippen molar-refractivity contribution in [2.75, 3.05) is 0 Å². The summed E-state index contributed by atoms with van der Waals surface area (Å²) in [6.07, 6.45) is 2.06. The van der Waals surface area contributed by atoms with Gasteiger partial charge in [0.15, 0.2) is 4.96 Å². The Morgan fingerprint density at radius 2 is 2.31 bits per heavy atom. The Hall–Kier alpha value is -1.35. The second-order valence-electron chi connectivity index (χ2n) is 3.16. The summed E-state index contributed by atoms with van der Waals surface area (Å²) in [6.45, 7) is 2.10. The van der Waals surface area contributed by atoms with Crippen LogP contribution in [0.5, 0.6) is 0 Å². The Kier molecular flexibility index (Phi) is 1.27. The van der Waals surface area contributed by atoms with Crippen LogP contribution in [-0.2, 0) is 0 Å². The standard InChI is InChI=1S/C10H8N2S/c1-7-2-3-8-9(6-7)12-4-5-13-10(12)11-8/h2-6H,1H3. The number of hydrogen-bond donors (Lipinski definition) is 0. The van der Waals surface area contributed by atoms with Crippen LogP contribution in [0, 0.1) is 6.92 Å². The molecule has 0 aliphatic heterocycles. The number of benzene rings is 1. The van der Waals surface area contributed by atoms with Crippen LogP contribution < -0.4 is 0 Å². The number of nitrogens with zero attached hydrogens (tertiary/aromatic N) is 2. The lowest BCUT2D eigenvalue weighted by Crippen LogP contribution is -1.77. The van der Waals surface area contributed by atoms with Gasteiger partial charge in [-0.25, -0.2) is 4.98 Å². The third-order valence-corrected chi connectivity index (χ3v) is 2.95. The van der Waals surface area contributed by atoms with Gasteiger partial charge in [-0.05, 0) is 24.6 Å². The molecule has 0 saturated heterocycles. The maximum absolute atomic E-state index is 4.50. The maximum atomic E-state index is 4.50. The van der Waals surface area contributed by atoms with E-state index in [2.05, 4.69) is 46.1 Å². The summed E-state index contributed by atoms with van der Waals surface area (Å²) in [4.78, 5) is 5.57. The number of rotatable bonds is 0. The summed E-state index contributed by atoms with van der Waals surface area (Å²) in [6, 6.07) is 6.34. The van der Waals surface area contributed by atoms with Crippen molar-refractivity contribution in [2.45, 2.75) is 6.92 Å². The number of fused-ring (bicyclic) bond motifs is 3. The number of thiazole rings is 1. The van der Waals surface area contributed by atoms with Gasteiger partial charge in [-0.2, -0.15) is 0 Å². The summed E-state index contributed by atoms with van der Waals surface area (Å²) in [5.41, 5.74) is 3.56. The lowest BCUT2D eigenvalue weighted by Gasteiger charge is -1.91. The van der Waals surface area contributed by atoms with Crippen molar-refractivity contribution in [3.63, 3.8) is 0 Å². The molecule has 0 radical (unpaired) electrons. The van der Waals surface area contributed by atoms with Crippen molar-refractivity contribution in [2.24, 2.45) is 0 Å². The predicted molar refractivity (Wildman–Crippen MR) is 55.3 cm³/mol. The van der Waals surface area contributed by atoms with E-state index in [1.165, 1.54) is 11.1 Å². The highest BCUT2D eigenvalue weighted by Gasteiger charge is 2.03. The van der Waals surface area contributed by atoms with E-state index in [4.69, 9.17) is 0 Å². The molecule has 3 heteroatoms. The minimum absolute atomic E-state index is 1.07. The van der Waals surface area contributed by atoms with E-state index in [9.17, 15) is 0 Å². The molecule has 0 aliphatic carbocycles. The highest BCUT2D eigenvalue weighted by molar-refractivity contribution is 7.15. The van der Waals surface area contributed by atoms with Crippen LogP contribution in [0.1, 0.15) is 5.56 Å². The Bertz CT molecular complexity index is 577. The van der Waals surface area contributed by atoms with E-state index in [1.807, 2.05) is 0 Å². The lowest BCUT2D eigenvalue weighted by atomic mass is 10.2. The molecule has 0 amide bonds. The topological polar surface area (TPSA) is 17.3 Å². The van der Waals surface area contributed by atoms with Gasteiger partial charge < -0.3 is 0 Å². The third kappa shape index (κ3) is 0.906. The fourth-order valence-electron chi connectivity index (χ4n) is 1.56. The van der Waals surface area contributed by atoms with Crippen molar-refractivity contribution in [3.05, 3.63) is 35.3 Å². The fraction of sp³-hybridized carbons (Fsp3) is 0.100. The van der Waals surface area contributed by atoms with Crippen molar-refractivity contribution in [1.82, 2.24) is 9.38 Å². The molecule has 64 valence electrons. The van der Waals surface area contributed by atoms with Gasteiger partial charge in [-0.1, -0.05) is 6.07 Å². The van der Waals surface area contributed by atoms with Crippen molar-refractivity contribution < 1.29 is 0 Å². The van der Waals surface area contributed by atoms with Gasteiger partial charge in [0.25, 0.3) is 0 Å².